The van der Waals surface area contributed by atoms with E-state index in [4.69, 9.17) is 4.98 Å². The van der Waals surface area contributed by atoms with Gasteiger partial charge >= 0.3 is 0 Å². The van der Waals surface area contributed by atoms with E-state index in [0.29, 0.717) is 24.4 Å². The molecule has 0 spiro atoms. The molecule has 1 unspecified atom stereocenters. The minimum atomic E-state index is -0.561. The molecule has 2 aromatic rings. The van der Waals surface area contributed by atoms with E-state index < -0.39 is 6.04 Å². The summed E-state index contributed by atoms with van der Waals surface area (Å²) in [7, 11) is 0. The lowest BCUT2D eigenvalue weighted by Crippen LogP contribution is -2.52. The Bertz CT molecular complexity index is 1130. The molecule has 2 fully saturated rings. The average Bonchev–Trinajstić information content (AvgIpc) is 3.39. The first-order chi connectivity index (χ1) is 16.2. The van der Waals surface area contributed by atoms with Gasteiger partial charge in [-0.1, -0.05) is 32.9 Å². The number of likely N-dealkylation sites (tertiary alicyclic amines) is 1. The molecule has 2 saturated heterocycles. The summed E-state index contributed by atoms with van der Waals surface area (Å²) in [6.07, 6.45) is 2.84. The number of carbonyl (C=O) groups is 3. The maximum Gasteiger partial charge on any atom is 0.255 e. The summed E-state index contributed by atoms with van der Waals surface area (Å²) in [5.41, 5.74) is 4.22. The summed E-state index contributed by atoms with van der Waals surface area (Å²) in [4.78, 5) is 45.7. The standard InChI is InChI=1S/C26H32N4O3S/c1-26(2,3)25-27-19(15-34-25)14-29-10-8-16(9-11-29)17-4-5-20-18(12-17)13-30(24(20)33)21-6-7-22(31)28-23(21)32/h4-5,12,15-16,21H,6-11,13-14H2,1-3H3,(H,28,31,32). The highest BCUT2D eigenvalue weighted by Crippen LogP contribution is 2.34. The van der Waals surface area contributed by atoms with Crippen molar-refractivity contribution in [1.29, 1.82) is 0 Å². The lowest BCUT2D eigenvalue weighted by molar-refractivity contribution is -0.136. The Morgan fingerprint density at radius 1 is 1.12 bits per heavy atom. The fourth-order valence-electron chi connectivity index (χ4n) is 5.23. The molecular weight excluding hydrogens is 448 g/mol. The highest BCUT2D eigenvalue weighted by Gasteiger charge is 2.39. The molecule has 180 valence electrons. The van der Waals surface area contributed by atoms with Crippen molar-refractivity contribution in [2.24, 2.45) is 0 Å². The van der Waals surface area contributed by atoms with E-state index in [-0.39, 0.29) is 29.6 Å². The smallest absolute Gasteiger partial charge is 0.255 e. The Labute approximate surface area is 204 Å². The van der Waals surface area contributed by atoms with Gasteiger partial charge < -0.3 is 4.90 Å². The number of nitrogens with one attached hydrogen (secondary N) is 1. The van der Waals surface area contributed by atoms with Crippen molar-refractivity contribution in [1.82, 2.24) is 20.1 Å². The number of hydrogen-bond acceptors (Lipinski definition) is 6. The Morgan fingerprint density at radius 2 is 1.88 bits per heavy atom. The quantitative estimate of drug-likeness (QED) is 0.677. The lowest BCUT2D eigenvalue weighted by Gasteiger charge is -2.32. The molecule has 1 atom stereocenters. The number of carbonyl (C=O) groups excluding carboxylic acids is 3. The fourth-order valence-corrected chi connectivity index (χ4v) is 6.12. The Morgan fingerprint density at radius 3 is 2.56 bits per heavy atom. The number of amides is 3. The number of nitrogens with zero attached hydrogens (tertiary/aromatic N) is 3. The highest BCUT2D eigenvalue weighted by molar-refractivity contribution is 7.09. The number of hydrogen-bond donors (Lipinski definition) is 1. The number of benzene rings is 1. The van der Waals surface area contributed by atoms with Crippen LogP contribution in [0.15, 0.2) is 23.6 Å². The van der Waals surface area contributed by atoms with E-state index in [1.54, 1.807) is 16.2 Å². The number of fused-ring (bicyclic) bond motifs is 1. The van der Waals surface area contributed by atoms with Crippen LogP contribution in [0.2, 0.25) is 0 Å². The van der Waals surface area contributed by atoms with Gasteiger partial charge in [-0.2, -0.15) is 0 Å². The third-order valence-corrected chi connectivity index (χ3v) is 8.50. The predicted molar refractivity (Wildman–Crippen MR) is 131 cm³/mol. The second-order valence-corrected chi connectivity index (χ2v) is 11.6. The van der Waals surface area contributed by atoms with Crippen LogP contribution in [-0.4, -0.2) is 51.6 Å². The summed E-state index contributed by atoms with van der Waals surface area (Å²) in [6.45, 7) is 10.0. The first kappa shape index (κ1) is 23.2. The van der Waals surface area contributed by atoms with Gasteiger partial charge in [0.2, 0.25) is 11.8 Å². The Balaban J connectivity index is 1.20. The monoisotopic (exact) mass is 480 g/mol. The van der Waals surface area contributed by atoms with Gasteiger partial charge in [0.15, 0.2) is 0 Å². The molecule has 3 amide bonds. The van der Waals surface area contributed by atoms with Crippen LogP contribution in [0.25, 0.3) is 0 Å². The van der Waals surface area contributed by atoms with Gasteiger partial charge in [0.25, 0.3) is 5.91 Å². The van der Waals surface area contributed by atoms with Crippen molar-refractivity contribution in [3.8, 4) is 0 Å². The van der Waals surface area contributed by atoms with Gasteiger partial charge in [-0.3, -0.25) is 24.6 Å². The molecule has 1 N–H and O–H groups in total. The molecule has 0 aliphatic carbocycles. The highest BCUT2D eigenvalue weighted by atomic mass is 32.1. The van der Waals surface area contributed by atoms with Gasteiger partial charge in [0.1, 0.15) is 6.04 Å². The van der Waals surface area contributed by atoms with Crippen LogP contribution in [0, 0.1) is 0 Å². The largest absolute Gasteiger partial charge is 0.322 e. The van der Waals surface area contributed by atoms with E-state index in [9.17, 15) is 14.4 Å². The lowest BCUT2D eigenvalue weighted by atomic mass is 9.88. The minimum Gasteiger partial charge on any atom is -0.322 e. The number of piperidine rings is 2. The van der Waals surface area contributed by atoms with Gasteiger partial charge in [0.05, 0.1) is 10.7 Å². The summed E-state index contributed by atoms with van der Waals surface area (Å²) in [6, 6.07) is 5.61. The summed E-state index contributed by atoms with van der Waals surface area (Å²) >= 11 is 1.75. The van der Waals surface area contributed by atoms with Crippen LogP contribution < -0.4 is 5.32 Å². The normalized spacial score (nSPS) is 22.3. The second kappa shape index (κ2) is 8.89. The van der Waals surface area contributed by atoms with Crippen LogP contribution in [0.1, 0.15) is 84.6 Å². The summed E-state index contributed by atoms with van der Waals surface area (Å²) in [5.74, 6) is -0.256. The van der Waals surface area contributed by atoms with Crippen LogP contribution in [0.3, 0.4) is 0 Å². The molecule has 8 heteroatoms. The zero-order valence-corrected chi connectivity index (χ0v) is 20.9. The molecule has 7 nitrogen and oxygen atoms in total. The van der Waals surface area contributed by atoms with E-state index in [1.165, 1.54) is 10.6 Å². The molecule has 34 heavy (non-hydrogen) atoms. The van der Waals surface area contributed by atoms with Crippen LogP contribution >= 0.6 is 11.3 Å². The topological polar surface area (TPSA) is 82.6 Å². The molecule has 4 heterocycles. The zero-order valence-electron chi connectivity index (χ0n) is 20.1. The van der Waals surface area contributed by atoms with Crippen molar-refractivity contribution in [2.45, 2.75) is 76.9 Å². The van der Waals surface area contributed by atoms with Gasteiger partial charge in [-0.05, 0) is 55.5 Å². The Kier molecular flexibility index (Phi) is 6.06. The van der Waals surface area contributed by atoms with Gasteiger partial charge in [0, 0.05) is 35.9 Å². The van der Waals surface area contributed by atoms with Crippen LogP contribution in [-0.2, 0) is 28.1 Å². The molecule has 0 radical (unpaired) electrons. The third-order valence-electron chi connectivity index (χ3n) is 7.19. The van der Waals surface area contributed by atoms with Crippen LogP contribution in [0.5, 0.6) is 0 Å². The number of rotatable bonds is 4. The first-order valence-corrected chi connectivity index (χ1v) is 13.0. The molecule has 5 rings (SSSR count). The van der Waals surface area contributed by atoms with Gasteiger partial charge in [-0.25, -0.2) is 4.98 Å². The SMILES string of the molecule is CC(C)(C)c1nc(CN2CCC(c3ccc4c(c3)CN(C3CCC(=O)NC3=O)C4=O)CC2)cs1. The number of imide groups is 1. The molecule has 3 aliphatic heterocycles. The summed E-state index contributed by atoms with van der Waals surface area (Å²) < 4.78 is 0. The Hall–Kier alpha value is -2.58. The zero-order chi connectivity index (χ0) is 24.0. The second-order valence-electron chi connectivity index (χ2n) is 10.8. The fraction of sp³-hybridized carbons (Fsp3) is 0.538. The van der Waals surface area contributed by atoms with Gasteiger partial charge in [-0.15, -0.1) is 11.3 Å². The number of aromatic nitrogens is 1. The van der Waals surface area contributed by atoms with Crippen molar-refractivity contribution in [2.75, 3.05) is 13.1 Å². The van der Waals surface area contributed by atoms with E-state index >= 15 is 0 Å². The summed E-state index contributed by atoms with van der Waals surface area (Å²) in [5, 5.41) is 5.75. The molecule has 3 aliphatic rings. The van der Waals surface area contributed by atoms with Crippen molar-refractivity contribution in [3.63, 3.8) is 0 Å². The number of thiazole rings is 1. The van der Waals surface area contributed by atoms with Crippen molar-refractivity contribution >= 4 is 29.1 Å². The maximum absolute atomic E-state index is 12.9. The maximum atomic E-state index is 12.9. The minimum absolute atomic E-state index is 0.0959. The molecule has 1 aromatic carbocycles. The first-order valence-electron chi connectivity index (χ1n) is 12.1. The van der Waals surface area contributed by atoms with E-state index in [0.717, 1.165) is 43.7 Å². The van der Waals surface area contributed by atoms with Crippen molar-refractivity contribution < 1.29 is 14.4 Å². The van der Waals surface area contributed by atoms with Crippen molar-refractivity contribution in [3.05, 3.63) is 51.0 Å². The van der Waals surface area contributed by atoms with E-state index in [2.05, 4.69) is 48.5 Å². The molecule has 1 aromatic heterocycles. The molecular formula is C26H32N4O3S. The molecule has 0 bridgehead atoms. The van der Waals surface area contributed by atoms with E-state index in [1.807, 2.05) is 6.07 Å². The van der Waals surface area contributed by atoms with Crippen LogP contribution in [0.4, 0.5) is 0 Å². The predicted octanol–water partition coefficient (Wildman–Crippen LogP) is 3.58. The molecule has 0 saturated carbocycles. The average molecular weight is 481 g/mol. The third kappa shape index (κ3) is 4.53.